The number of fused-ring (bicyclic) bond motifs is 1. The van der Waals surface area contributed by atoms with Crippen LogP contribution in [0.4, 0.5) is 31.2 Å². The van der Waals surface area contributed by atoms with Gasteiger partial charge in [0, 0.05) is 29.5 Å². The van der Waals surface area contributed by atoms with Gasteiger partial charge in [-0.25, -0.2) is 19.0 Å². The molecule has 0 saturated carbocycles. The first-order valence-corrected chi connectivity index (χ1v) is 14.3. The molecule has 240 valence electrons. The number of anilines is 3. The molecule has 0 radical (unpaired) electrons. The lowest BCUT2D eigenvalue weighted by atomic mass is 10.1. The van der Waals surface area contributed by atoms with Crippen molar-refractivity contribution in [1.29, 1.82) is 0 Å². The van der Waals surface area contributed by atoms with E-state index < -0.39 is 53.2 Å². The monoisotopic (exact) mass is 624 g/mol. The third-order valence-corrected chi connectivity index (χ3v) is 6.50. The van der Waals surface area contributed by atoms with Crippen LogP contribution in [-0.2, 0) is 23.8 Å². The van der Waals surface area contributed by atoms with Gasteiger partial charge in [-0.15, -0.1) is 0 Å². The number of amides is 4. The van der Waals surface area contributed by atoms with E-state index in [2.05, 4.69) is 10.3 Å². The number of hydrogen-bond donors (Lipinski definition) is 2. The molecule has 12 nitrogen and oxygen atoms in total. The van der Waals surface area contributed by atoms with Gasteiger partial charge >= 0.3 is 12.2 Å². The van der Waals surface area contributed by atoms with E-state index in [4.69, 9.17) is 14.2 Å². The number of carbonyl (C=O) groups excluding carboxylic acids is 4. The molecule has 1 fully saturated rings. The number of aromatic nitrogens is 1. The number of aliphatic hydroxyl groups excluding tert-OH is 1. The molecule has 4 amide bonds. The molecule has 1 saturated heterocycles. The molecule has 1 aromatic heterocycles. The lowest BCUT2D eigenvalue weighted by Gasteiger charge is -2.34. The van der Waals surface area contributed by atoms with Gasteiger partial charge in [-0.05, 0) is 102 Å². The van der Waals surface area contributed by atoms with Crippen LogP contribution in [0.25, 0.3) is 10.8 Å². The standard InChI is InChI=1S/C32H37FN4O8/c1-18-16-20(33)8-11-23(18)36-14-15-43-25(28(36)40)24(38)27(39)35-21-9-10-22-19(17-21)12-13-34-26(22)37(29(41)44-31(2,3)4)30(42)45-32(5,6)7/h8-13,16-17,24-25,38H,14-15H2,1-7H3,(H,35,39)/t24-,25-/m1/s1. The van der Waals surface area contributed by atoms with E-state index in [1.165, 1.54) is 41.4 Å². The number of ether oxygens (including phenoxy) is 3. The van der Waals surface area contributed by atoms with E-state index in [0.717, 1.165) is 0 Å². The van der Waals surface area contributed by atoms with E-state index in [1.54, 1.807) is 60.6 Å². The van der Waals surface area contributed by atoms with Crippen LogP contribution in [0.1, 0.15) is 47.1 Å². The molecule has 2 heterocycles. The maximum Gasteiger partial charge on any atom is 0.425 e. The number of aliphatic hydroxyl groups is 1. The van der Waals surface area contributed by atoms with Crippen LogP contribution in [0.5, 0.6) is 0 Å². The van der Waals surface area contributed by atoms with Crippen molar-refractivity contribution in [2.75, 3.05) is 28.3 Å². The van der Waals surface area contributed by atoms with Crippen molar-refractivity contribution in [2.24, 2.45) is 0 Å². The average molecular weight is 625 g/mol. The molecule has 3 aromatic rings. The Morgan fingerprint density at radius 3 is 2.29 bits per heavy atom. The van der Waals surface area contributed by atoms with E-state index in [0.29, 0.717) is 26.9 Å². The van der Waals surface area contributed by atoms with Crippen LogP contribution in [-0.4, -0.2) is 70.7 Å². The number of nitrogens with zero attached hydrogens (tertiary/aromatic N) is 3. The fraction of sp³-hybridized carbons (Fsp3) is 0.406. The number of rotatable bonds is 5. The first-order chi connectivity index (χ1) is 20.9. The first-order valence-electron chi connectivity index (χ1n) is 14.3. The fourth-order valence-corrected chi connectivity index (χ4v) is 4.63. The van der Waals surface area contributed by atoms with Crippen molar-refractivity contribution in [3.8, 4) is 0 Å². The van der Waals surface area contributed by atoms with Crippen LogP contribution < -0.4 is 15.1 Å². The average Bonchev–Trinajstić information content (AvgIpc) is 2.91. The van der Waals surface area contributed by atoms with Crippen LogP contribution in [0.3, 0.4) is 0 Å². The second-order valence-corrected chi connectivity index (χ2v) is 12.5. The van der Waals surface area contributed by atoms with Crippen molar-refractivity contribution in [3.05, 3.63) is 60.0 Å². The second kappa shape index (κ2) is 12.8. The largest absolute Gasteiger partial charge is 0.443 e. The zero-order chi connectivity index (χ0) is 33.3. The Morgan fingerprint density at radius 2 is 1.69 bits per heavy atom. The minimum Gasteiger partial charge on any atom is -0.443 e. The van der Waals surface area contributed by atoms with Crippen molar-refractivity contribution in [1.82, 2.24) is 4.98 Å². The smallest absolute Gasteiger partial charge is 0.425 e. The number of pyridine rings is 1. The lowest BCUT2D eigenvalue weighted by molar-refractivity contribution is -0.150. The summed E-state index contributed by atoms with van der Waals surface area (Å²) in [6.07, 6.45) is -3.95. The Hall–Kier alpha value is -4.62. The number of carbonyl (C=O) groups is 4. The Labute approximate surface area is 260 Å². The summed E-state index contributed by atoms with van der Waals surface area (Å²) in [5, 5.41) is 14.2. The molecule has 2 atom stereocenters. The maximum absolute atomic E-state index is 13.6. The predicted octanol–water partition coefficient (Wildman–Crippen LogP) is 5.09. The van der Waals surface area contributed by atoms with Crippen molar-refractivity contribution >= 4 is 52.0 Å². The van der Waals surface area contributed by atoms with E-state index in [9.17, 15) is 28.7 Å². The van der Waals surface area contributed by atoms with Crippen molar-refractivity contribution in [2.45, 2.75) is 71.9 Å². The lowest BCUT2D eigenvalue weighted by Crippen LogP contribution is -2.55. The van der Waals surface area contributed by atoms with Gasteiger partial charge in [0.05, 0.1) is 6.61 Å². The number of hydrogen-bond acceptors (Lipinski definition) is 9. The number of nitrogens with one attached hydrogen (secondary N) is 1. The van der Waals surface area contributed by atoms with E-state index in [1.807, 2.05) is 0 Å². The molecule has 2 aromatic carbocycles. The normalized spacial score (nSPS) is 16.2. The molecule has 0 unspecified atom stereocenters. The summed E-state index contributed by atoms with van der Waals surface area (Å²) in [6, 6.07) is 10.1. The summed E-state index contributed by atoms with van der Waals surface area (Å²) in [5.41, 5.74) is -0.617. The van der Waals surface area contributed by atoms with Gasteiger partial charge in [0.1, 0.15) is 17.0 Å². The number of imide groups is 1. The van der Waals surface area contributed by atoms with Crippen LogP contribution in [0.15, 0.2) is 48.7 Å². The van der Waals surface area contributed by atoms with Crippen LogP contribution in [0, 0.1) is 12.7 Å². The summed E-state index contributed by atoms with van der Waals surface area (Å²) in [6.45, 7) is 11.8. The maximum atomic E-state index is 13.6. The third kappa shape index (κ3) is 7.91. The third-order valence-electron chi connectivity index (χ3n) is 6.50. The molecule has 0 bridgehead atoms. The molecule has 2 N–H and O–H groups in total. The quantitative estimate of drug-likeness (QED) is 0.396. The Kier molecular flexibility index (Phi) is 9.45. The highest BCUT2D eigenvalue weighted by atomic mass is 19.1. The molecule has 4 rings (SSSR count). The fourth-order valence-electron chi connectivity index (χ4n) is 4.63. The molecule has 45 heavy (non-hydrogen) atoms. The Morgan fingerprint density at radius 1 is 1.04 bits per heavy atom. The number of aryl methyl sites for hydroxylation is 1. The molecular formula is C32H37FN4O8. The highest BCUT2D eigenvalue weighted by Gasteiger charge is 2.40. The summed E-state index contributed by atoms with van der Waals surface area (Å²) in [7, 11) is 0. The number of morpholine rings is 1. The molecule has 1 aliphatic rings. The molecule has 1 aliphatic heterocycles. The minimum absolute atomic E-state index is 0.0497. The zero-order valence-electron chi connectivity index (χ0n) is 26.2. The summed E-state index contributed by atoms with van der Waals surface area (Å²) < 4.78 is 30.0. The number of benzene rings is 2. The topological polar surface area (TPSA) is 148 Å². The highest BCUT2D eigenvalue weighted by Crippen LogP contribution is 2.30. The van der Waals surface area contributed by atoms with Gasteiger partial charge in [-0.3, -0.25) is 9.59 Å². The van der Waals surface area contributed by atoms with Crippen LogP contribution in [0.2, 0.25) is 0 Å². The summed E-state index contributed by atoms with van der Waals surface area (Å²) in [5.74, 6) is -2.04. The van der Waals surface area contributed by atoms with Crippen molar-refractivity contribution < 1.29 is 42.9 Å². The van der Waals surface area contributed by atoms with E-state index in [-0.39, 0.29) is 24.7 Å². The van der Waals surface area contributed by atoms with Crippen molar-refractivity contribution in [3.63, 3.8) is 0 Å². The molecule has 0 spiro atoms. The van der Waals surface area contributed by atoms with Crippen LogP contribution >= 0.6 is 0 Å². The van der Waals surface area contributed by atoms with Gasteiger partial charge in [-0.2, -0.15) is 4.90 Å². The Bertz CT molecular complexity index is 1600. The first kappa shape index (κ1) is 33.3. The second-order valence-electron chi connectivity index (χ2n) is 12.5. The Balaban J connectivity index is 1.57. The molecular weight excluding hydrogens is 587 g/mol. The zero-order valence-corrected chi connectivity index (χ0v) is 26.2. The van der Waals surface area contributed by atoms with E-state index >= 15 is 0 Å². The van der Waals surface area contributed by atoms with Gasteiger partial charge in [-0.1, -0.05) is 0 Å². The van der Waals surface area contributed by atoms with Gasteiger partial charge in [0.2, 0.25) is 0 Å². The van der Waals surface area contributed by atoms with Gasteiger partial charge in [0.15, 0.2) is 18.0 Å². The SMILES string of the molecule is Cc1cc(F)ccc1N1CCO[C@H]([C@@H](O)C(=O)Nc2ccc3c(N(C(=O)OC(C)(C)C)C(=O)OC(C)(C)C)nccc3c2)C1=O. The summed E-state index contributed by atoms with van der Waals surface area (Å²) in [4.78, 5) is 58.9. The number of halogens is 1. The molecule has 13 heteroatoms. The minimum atomic E-state index is -1.86. The van der Waals surface area contributed by atoms with Gasteiger partial charge < -0.3 is 29.5 Å². The highest BCUT2D eigenvalue weighted by molar-refractivity contribution is 6.14. The van der Waals surface area contributed by atoms with Gasteiger partial charge in [0.25, 0.3) is 11.8 Å². The summed E-state index contributed by atoms with van der Waals surface area (Å²) >= 11 is 0. The predicted molar refractivity (Wildman–Crippen MR) is 165 cm³/mol. The molecule has 0 aliphatic carbocycles.